The topological polar surface area (TPSA) is 103 Å². The van der Waals surface area contributed by atoms with Gasteiger partial charge in [-0.2, -0.15) is 10.1 Å². The first-order chi connectivity index (χ1) is 12.6. The molecule has 3 aromatic rings. The Labute approximate surface area is 148 Å². The summed E-state index contributed by atoms with van der Waals surface area (Å²) in [7, 11) is 1.61. The zero-order chi connectivity index (χ0) is 18.3. The van der Waals surface area contributed by atoms with Crippen molar-refractivity contribution in [3.8, 4) is 11.5 Å². The van der Waals surface area contributed by atoms with Crippen molar-refractivity contribution in [1.29, 1.82) is 0 Å². The third kappa shape index (κ3) is 2.65. The molecule has 2 aromatic heterocycles. The maximum atomic E-state index is 12.3. The van der Waals surface area contributed by atoms with Crippen LogP contribution in [0.1, 0.15) is 29.3 Å². The van der Waals surface area contributed by atoms with E-state index >= 15 is 0 Å². The van der Waals surface area contributed by atoms with Gasteiger partial charge < -0.3 is 14.3 Å². The van der Waals surface area contributed by atoms with Gasteiger partial charge >= 0.3 is 5.63 Å². The molecule has 3 heterocycles. The van der Waals surface area contributed by atoms with Gasteiger partial charge in [0.1, 0.15) is 29.2 Å². The summed E-state index contributed by atoms with van der Waals surface area (Å²) in [5.41, 5.74) is 0.810. The SMILES string of the molecule is COc1ccc([C@H]2CC(c3c(O)cc(C)oc3=O)=Nc3ncnn32)cc1. The molecule has 132 valence electrons. The van der Waals surface area contributed by atoms with Crippen molar-refractivity contribution in [2.45, 2.75) is 19.4 Å². The first-order valence-corrected chi connectivity index (χ1v) is 8.02. The van der Waals surface area contributed by atoms with Gasteiger partial charge in [-0.05, 0) is 24.6 Å². The number of aryl methyl sites for hydroxylation is 1. The van der Waals surface area contributed by atoms with Crippen molar-refractivity contribution >= 4 is 11.7 Å². The van der Waals surface area contributed by atoms with E-state index in [1.165, 1.54) is 12.4 Å². The number of aromatic nitrogens is 3. The number of rotatable bonds is 3. The molecule has 0 spiro atoms. The molecule has 0 saturated carbocycles. The minimum atomic E-state index is -0.623. The van der Waals surface area contributed by atoms with E-state index in [-0.39, 0.29) is 17.4 Å². The molecule has 0 bridgehead atoms. The number of ether oxygens (including phenoxy) is 1. The molecule has 0 saturated heterocycles. The molecule has 1 atom stereocenters. The highest BCUT2D eigenvalue weighted by atomic mass is 16.5. The van der Waals surface area contributed by atoms with Crippen LogP contribution in [0.2, 0.25) is 0 Å². The van der Waals surface area contributed by atoms with E-state index < -0.39 is 5.63 Å². The van der Waals surface area contributed by atoms with Gasteiger partial charge in [-0.15, -0.1) is 0 Å². The number of benzene rings is 1. The first-order valence-electron chi connectivity index (χ1n) is 8.02. The summed E-state index contributed by atoms with van der Waals surface area (Å²) in [5, 5.41) is 14.5. The second-order valence-electron chi connectivity index (χ2n) is 5.96. The van der Waals surface area contributed by atoms with E-state index in [2.05, 4.69) is 15.1 Å². The summed E-state index contributed by atoms with van der Waals surface area (Å²) in [4.78, 5) is 20.8. The maximum Gasteiger partial charge on any atom is 0.348 e. The van der Waals surface area contributed by atoms with Crippen LogP contribution in [0.4, 0.5) is 5.95 Å². The molecule has 0 radical (unpaired) electrons. The highest BCUT2D eigenvalue weighted by molar-refractivity contribution is 6.04. The summed E-state index contributed by atoms with van der Waals surface area (Å²) in [6.07, 6.45) is 1.78. The molecule has 1 N–H and O–H groups in total. The van der Waals surface area contributed by atoms with Crippen LogP contribution in [0, 0.1) is 6.92 Å². The normalized spacial score (nSPS) is 16.1. The number of nitrogens with zero attached hydrogens (tertiary/aromatic N) is 4. The summed E-state index contributed by atoms with van der Waals surface area (Å²) in [6, 6.07) is 8.75. The molecule has 0 aliphatic carbocycles. The van der Waals surface area contributed by atoms with E-state index in [1.807, 2.05) is 24.3 Å². The van der Waals surface area contributed by atoms with Crippen molar-refractivity contribution < 1.29 is 14.3 Å². The Kier molecular flexibility index (Phi) is 3.80. The van der Waals surface area contributed by atoms with Gasteiger partial charge in [0.25, 0.3) is 0 Å². The Morgan fingerprint density at radius 1 is 1.31 bits per heavy atom. The van der Waals surface area contributed by atoms with E-state index in [9.17, 15) is 9.90 Å². The second-order valence-corrected chi connectivity index (χ2v) is 5.96. The number of aliphatic imine (C=N–C) groups is 1. The van der Waals surface area contributed by atoms with Crippen LogP contribution in [0.15, 0.2) is 50.9 Å². The molecule has 4 rings (SSSR count). The molecular weight excluding hydrogens is 336 g/mol. The lowest BCUT2D eigenvalue weighted by molar-refractivity contribution is 0.414. The fourth-order valence-electron chi connectivity index (χ4n) is 3.08. The Balaban J connectivity index is 1.81. The Morgan fingerprint density at radius 3 is 2.77 bits per heavy atom. The van der Waals surface area contributed by atoms with Gasteiger partial charge in [0.15, 0.2) is 0 Å². The van der Waals surface area contributed by atoms with Crippen molar-refractivity contribution in [3.05, 3.63) is 64.0 Å². The van der Waals surface area contributed by atoms with Crippen LogP contribution in [0.3, 0.4) is 0 Å². The van der Waals surface area contributed by atoms with Crippen LogP contribution in [-0.2, 0) is 0 Å². The third-order valence-electron chi connectivity index (χ3n) is 4.31. The Bertz CT molecular complexity index is 1050. The third-order valence-corrected chi connectivity index (χ3v) is 4.31. The monoisotopic (exact) mass is 352 g/mol. The molecule has 0 fully saturated rings. The number of fused-ring (bicyclic) bond motifs is 1. The molecule has 8 nitrogen and oxygen atoms in total. The minimum Gasteiger partial charge on any atom is -0.507 e. The van der Waals surface area contributed by atoms with E-state index in [0.717, 1.165) is 11.3 Å². The lowest BCUT2D eigenvalue weighted by atomic mass is 9.96. The molecule has 26 heavy (non-hydrogen) atoms. The smallest absolute Gasteiger partial charge is 0.348 e. The Hall–Kier alpha value is -3.42. The average molecular weight is 352 g/mol. The van der Waals surface area contributed by atoms with E-state index in [4.69, 9.17) is 9.15 Å². The van der Waals surface area contributed by atoms with Gasteiger partial charge in [-0.25, -0.2) is 14.5 Å². The number of aromatic hydroxyl groups is 1. The summed E-state index contributed by atoms with van der Waals surface area (Å²) < 4.78 is 12.0. The number of hydrogen-bond donors (Lipinski definition) is 1. The van der Waals surface area contributed by atoms with Crippen molar-refractivity contribution in [2.24, 2.45) is 4.99 Å². The predicted octanol–water partition coefficient (Wildman–Crippen LogP) is 2.37. The van der Waals surface area contributed by atoms with Gasteiger partial charge in [-0.3, -0.25) is 0 Å². The van der Waals surface area contributed by atoms with Crippen LogP contribution in [-0.4, -0.2) is 32.7 Å². The van der Waals surface area contributed by atoms with Gasteiger partial charge in [-0.1, -0.05) is 12.1 Å². The molecule has 1 aliphatic rings. The maximum absolute atomic E-state index is 12.3. The number of methoxy groups -OCH3 is 1. The van der Waals surface area contributed by atoms with E-state index in [1.54, 1.807) is 18.7 Å². The van der Waals surface area contributed by atoms with Crippen LogP contribution in [0.5, 0.6) is 11.5 Å². The van der Waals surface area contributed by atoms with Crippen molar-refractivity contribution in [1.82, 2.24) is 14.8 Å². The standard InChI is InChI=1S/C18H16N4O4/c1-10-7-15(23)16(17(24)26-10)13-8-14(22-18(21-13)19-9-20-22)11-3-5-12(25-2)6-4-11/h3-7,9,14,23H,8H2,1-2H3/t14-/m1/s1. The molecule has 0 unspecified atom stereocenters. The van der Waals surface area contributed by atoms with Gasteiger partial charge in [0, 0.05) is 12.5 Å². The average Bonchev–Trinajstić information content (AvgIpc) is 3.09. The lowest BCUT2D eigenvalue weighted by Gasteiger charge is -2.23. The lowest BCUT2D eigenvalue weighted by Crippen LogP contribution is -2.25. The van der Waals surface area contributed by atoms with Crippen molar-refractivity contribution in [2.75, 3.05) is 7.11 Å². The fourth-order valence-corrected chi connectivity index (χ4v) is 3.08. The molecule has 1 aliphatic heterocycles. The zero-order valence-corrected chi connectivity index (χ0v) is 14.2. The fraction of sp³-hybridized carbons (Fsp3) is 0.222. The summed E-state index contributed by atoms with van der Waals surface area (Å²) in [5.74, 6) is 1.29. The second kappa shape index (κ2) is 6.14. The molecule has 0 amide bonds. The molecular formula is C18H16N4O4. The molecule has 1 aromatic carbocycles. The minimum absolute atomic E-state index is 0.0587. The predicted molar refractivity (Wildman–Crippen MR) is 93.3 cm³/mol. The highest BCUT2D eigenvalue weighted by Crippen LogP contribution is 2.33. The largest absolute Gasteiger partial charge is 0.507 e. The Morgan fingerprint density at radius 2 is 2.08 bits per heavy atom. The van der Waals surface area contributed by atoms with Gasteiger partial charge in [0.05, 0.1) is 18.9 Å². The summed E-state index contributed by atoms with van der Waals surface area (Å²) >= 11 is 0. The quantitative estimate of drug-likeness (QED) is 0.776. The van der Waals surface area contributed by atoms with Crippen molar-refractivity contribution in [3.63, 3.8) is 0 Å². The van der Waals surface area contributed by atoms with Crippen LogP contribution < -0.4 is 10.4 Å². The number of hydrogen-bond acceptors (Lipinski definition) is 7. The van der Waals surface area contributed by atoms with E-state index in [0.29, 0.717) is 23.8 Å². The van der Waals surface area contributed by atoms with Crippen LogP contribution in [0.25, 0.3) is 0 Å². The van der Waals surface area contributed by atoms with Crippen LogP contribution >= 0.6 is 0 Å². The van der Waals surface area contributed by atoms with Gasteiger partial charge in [0.2, 0.25) is 5.95 Å². The highest BCUT2D eigenvalue weighted by Gasteiger charge is 2.29. The first kappa shape index (κ1) is 16.1. The zero-order valence-electron chi connectivity index (χ0n) is 14.2. The summed E-state index contributed by atoms with van der Waals surface area (Å²) in [6.45, 7) is 1.60. The molecule has 8 heteroatoms.